The quantitative estimate of drug-likeness (QED) is 0.931. The summed E-state index contributed by atoms with van der Waals surface area (Å²) in [5.41, 5.74) is 1.09. The molecule has 2 aromatic heterocycles. The predicted octanol–water partition coefficient (Wildman–Crippen LogP) is 2.50. The summed E-state index contributed by atoms with van der Waals surface area (Å²) < 4.78 is 0.767. The Balaban J connectivity index is 2.19. The fourth-order valence-corrected chi connectivity index (χ4v) is 3.61. The Morgan fingerprint density at radius 1 is 1.63 bits per heavy atom. The number of carbonyl (C=O) groups is 1. The summed E-state index contributed by atoms with van der Waals surface area (Å²) in [4.78, 5) is 20.5. The van der Waals surface area contributed by atoms with Crippen LogP contribution in [0.4, 0.5) is 0 Å². The molecule has 2 aromatic rings. The summed E-state index contributed by atoms with van der Waals surface area (Å²) in [5.74, 6) is -0.862. The molecule has 0 aliphatic carbocycles. The van der Waals surface area contributed by atoms with Gasteiger partial charge in [-0.3, -0.25) is 4.79 Å². The van der Waals surface area contributed by atoms with E-state index < -0.39 is 5.97 Å². The van der Waals surface area contributed by atoms with E-state index >= 15 is 0 Å². The SMILES string of the molecule is Cc1nc(Sc2ccnc(C#N)c2)sc1CC(=O)O. The number of hydrogen-bond donors (Lipinski definition) is 1. The molecule has 0 saturated carbocycles. The standard InChI is InChI=1S/C12H9N3O2S2/c1-7-10(5-11(16)17)19-12(15-7)18-9-2-3-14-8(4-9)6-13/h2-4H,5H2,1H3,(H,16,17). The van der Waals surface area contributed by atoms with Crippen molar-refractivity contribution >= 4 is 29.1 Å². The third-order valence-corrected chi connectivity index (χ3v) is 4.44. The summed E-state index contributed by atoms with van der Waals surface area (Å²) in [6.45, 7) is 1.80. The van der Waals surface area contributed by atoms with Crippen molar-refractivity contribution < 1.29 is 9.90 Å². The highest BCUT2D eigenvalue weighted by Crippen LogP contribution is 2.33. The molecule has 0 aliphatic rings. The minimum Gasteiger partial charge on any atom is -0.481 e. The number of nitriles is 1. The van der Waals surface area contributed by atoms with Crippen molar-refractivity contribution in [3.05, 3.63) is 34.6 Å². The molecular formula is C12H9N3O2S2. The average molecular weight is 291 g/mol. The van der Waals surface area contributed by atoms with E-state index in [1.807, 2.05) is 6.07 Å². The molecule has 5 nitrogen and oxygen atoms in total. The second-order valence-electron chi connectivity index (χ2n) is 3.65. The van der Waals surface area contributed by atoms with Crippen molar-refractivity contribution in [2.75, 3.05) is 0 Å². The van der Waals surface area contributed by atoms with E-state index in [1.165, 1.54) is 23.1 Å². The van der Waals surface area contributed by atoms with Crippen LogP contribution >= 0.6 is 23.1 Å². The molecule has 0 spiro atoms. The van der Waals surface area contributed by atoms with Crippen molar-refractivity contribution in [3.63, 3.8) is 0 Å². The van der Waals surface area contributed by atoms with Gasteiger partial charge in [0.2, 0.25) is 0 Å². The Kier molecular flexibility index (Phi) is 4.14. The minimum atomic E-state index is -0.862. The monoisotopic (exact) mass is 291 g/mol. The number of carboxylic acids is 1. The lowest BCUT2D eigenvalue weighted by molar-refractivity contribution is -0.136. The van der Waals surface area contributed by atoms with Crippen molar-refractivity contribution in [3.8, 4) is 6.07 Å². The van der Waals surface area contributed by atoms with Crippen molar-refractivity contribution in [2.24, 2.45) is 0 Å². The van der Waals surface area contributed by atoms with Crippen molar-refractivity contribution in [1.29, 1.82) is 5.26 Å². The van der Waals surface area contributed by atoms with Crippen LogP contribution in [0.2, 0.25) is 0 Å². The molecule has 7 heteroatoms. The topological polar surface area (TPSA) is 86.9 Å². The number of aliphatic carboxylic acids is 1. The highest BCUT2D eigenvalue weighted by atomic mass is 32.2. The second-order valence-corrected chi connectivity index (χ2v) is 6.05. The maximum atomic E-state index is 10.7. The number of aromatic nitrogens is 2. The summed E-state index contributed by atoms with van der Waals surface area (Å²) in [6.07, 6.45) is 1.56. The van der Waals surface area contributed by atoms with Crippen molar-refractivity contribution in [1.82, 2.24) is 9.97 Å². The maximum absolute atomic E-state index is 10.7. The fraction of sp³-hybridized carbons (Fsp3) is 0.167. The van der Waals surface area contributed by atoms with Crippen LogP contribution in [0.15, 0.2) is 27.6 Å². The van der Waals surface area contributed by atoms with Crippen LogP contribution in [0.3, 0.4) is 0 Å². The highest BCUT2D eigenvalue weighted by molar-refractivity contribution is 8.01. The molecule has 0 unspecified atom stereocenters. The molecule has 0 aromatic carbocycles. The predicted molar refractivity (Wildman–Crippen MR) is 71.3 cm³/mol. The van der Waals surface area contributed by atoms with E-state index in [9.17, 15) is 4.79 Å². The molecule has 0 radical (unpaired) electrons. The summed E-state index contributed by atoms with van der Waals surface area (Å²) in [5, 5.41) is 17.6. The summed E-state index contributed by atoms with van der Waals surface area (Å²) in [7, 11) is 0. The second kappa shape index (κ2) is 5.82. The molecular weight excluding hydrogens is 282 g/mol. The fourth-order valence-electron chi connectivity index (χ4n) is 1.38. The first kappa shape index (κ1) is 13.5. The van der Waals surface area contributed by atoms with Gasteiger partial charge in [-0.1, -0.05) is 11.8 Å². The normalized spacial score (nSPS) is 10.1. The van der Waals surface area contributed by atoms with E-state index in [4.69, 9.17) is 10.4 Å². The Morgan fingerprint density at radius 3 is 3.11 bits per heavy atom. The number of nitrogens with zero attached hydrogens (tertiary/aromatic N) is 3. The van der Waals surface area contributed by atoms with Crippen molar-refractivity contribution in [2.45, 2.75) is 22.6 Å². The van der Waals surface area contributed by atoms with Crippen LogP contribution in [0.5, 0.6) is 0 Å². The van der Waals surface area contributed by atoms with Gasteiger partial charge in [0, 0.05) is 16.0 Å². The molecule has 2 heterocycles. The summed E-state index contributed by atoms with van der Waals surface area (Å²) in [6, 6.07) is 5.45. The number of aryl methyl sites for hydroxylation is 1. The van der Waals surface area contributed by atoms with Crippen LogP contribution in [-0.2, 0) is 11.2 Å². The number of carboxylic acid groups (broad SMARTS) is 1. The first-order valence-corrected chi connectivity index (χ1v) is 6.94. The van der Waals surface area contributed by atoms with Crippen LogP contribution < -0.4 is 0 Å². The van der Waals surface area contributed by atoms with Crippen LogP contribution in [0, 0.1) is 18.3 Å². The first-order chi connectivity index (χ1) is 9.08. The smallest absolute Gasteiger partial charge is 0.308 e. The van der Waals surface area contributed by atoms with Gasteiger partial charge in [0.25, 0.3) is 0 Å². The Hall–Kier alpha value is -1.91. The van der Waals surface area contributed by atoms with Gasteiger partial charge < -0.3 is 5.11 Å². The van der Waals surface area contributed by atoms with Gasteiger partial charge in [-0.15, -0.1) is 11.3 Å². The van der Waals surface area contributed by atoms with Gasteiger partial charge in [-0.05, 0) is 19.1 Å². The largest absolute Gasteiger partial charge is 0.481 e. The lowest BCUT2D eigenvalue weighted by Crippen LogP contribution is -1.99. The molecule has 0 aliphatic heterocycles. The Labute approximate surface area is 117 Å². The highest BCUT2D eigenvalue weighted by Gasteiger charge is 2.12. The van der Waals surface area contributed by atoms with Crippen LogP contribution in [0.1, 0.15) is 16.3 Å². The molecule has 0 fully saturated rings. The molecule has 0 amide bonds. The molecule has 0 saturated heterocycles. The maximum Gasteiger partial charge on any atom is 0.308 e. The van der Waals surface area contributed by atoms with Crippen LogP contribution in [-0.4, -0.2) is 21.0 Å². The zero-order chi connectivity index (χ0) is 13.8. The lowest BCUT2D eigenvalue weighted by Gasteiger charge is -1.96. The molecule has 1 N–H and O–H groups in total. The van der Waals surface area contributed by atoms with Gasteiger partial charge in [-0.25, -0.2) is 9.97 Å². The van der Waals surface area contributed by atoms with Gasteiger partial charge in [-0.2, -0.15) is 5.26 Å². The van der Waals surface area contributed by atoms with E-state index in [0.717, 1.165) is 19.8 Å². The van der Waals surface area contributed by atoms with E-state index in [2.05, 4.69) is 9.97 Å². The van der Waals surface area contributed by atoms with Gasteiger partial charge in [0.05, 0.1) is 12.1 Å². The Bertz CT molecular complexity index is 661. The zero-order valence-electron chi connectivity index (χ0n) is 9.95. The first-order valence-electron chi connectivity index (χ1n) is 5.30. The number of hydrogen-bond acceptors (Lipinski definition) is 6. The third kappa shape index (κ3) is 3.53. The van der Waals surface area contributed by atoms with E-state index in [-0.39, 0.29) is 6.42 Å². The Morgan fingerprint density at radius 2 is 2.42 bits per heavy atom. The average Bonchev–Trinajstić information content (AvgIpc) is 2.69. The van der Waals surface area contributed by atoms with Crippen LogP contribution in [0.25, 0.3) is 0 Å². The van der Waals surface area contributed by atoms with Gasteiger partial charge in [0.1, 0.15) is 11.8 Å². The van der Waals surface area contributed by atoms with Gasteiger partial charge >= 0.3 is 5.97 Å². The molecule has 96 valence electrons. The van der Waals surface area contributed by atoms with E-state index in [1.54, 1.807) is 25.3 Å². The minimum absolute atomic E-state index is 0.0101. The molecule has 19 heavy (non-hydrogen) atoms. The molecule has 0 atom stereocenters. The summed E-state index contributed by atoms with van der Waals surface area (Å²) >= 11 is 2.77. The zero-order valence-corrected chi connectivity index (χ0v) is 11.6. The third-order valence-electron chi connectivity index (χ3n) is 2.24. The molecule has 2 rings (SSSR count). The lowest BCUT2D eigenvalue weighted by atomic mass is 10.3. The van der Waals surface area contributed by atoms with E-state index in [0.29, 0.717) is 5.69 Å². The molecule has 0 bridgehead atoms. The number of rotatable bonds is 4. The number of pyridine rings is 1. The number of thiazole rings is 1. The van der Waals surface area contributed by atoms with Gasteiger partial charge in [0.15, 0.2) is 4.34 Å².